The van der Waals surface area contributed by atoms with Crippen LogP contribution in [0, 0.1) is 0 Å². The van der Waals surface area contributed by atoms with Gasteiger partial charge in [0.15, 0.2) is 11.5 Å². The lowest BCUT2D eigenvalue weighted by Gasteiger charge is -2.13. The zero-order valence-electron chi connectivity index (χ0n) is 13.8. The summed E-state index contributed by atoms with van der Waals surface area (Å²) in [6, 6.07) is 7.89. The van der Waals surface area contributed by atoms with Crippen LogP contribution in [0.15, 0.2) is 40.9 Å². The highest BCUT2D eigenvalue weighted by Gasteiger charge is 2.31. The Hall–Kier alpha value is -2.42. The van der Waals surface area contributed by atoms with Crippen molar-refractivity contribution in [2.24, 2.45) is 0 Å². The second kappa shape index (κ2) is 8.31. The number of hydrogen-bond acceptors (Lipinski definition) is 4. The molecule has 0 fully saturated rings. The van der Waals surface area contributed by atoms with Gasteiger partial charge in [-0.1, -0.05) is 0 Å². The molecule has 9 heteroatoms. The third-order valence-corrected chi connectivity index (χ3v) is 3.72. The number of methoxy groups -OCH3 is 1. The molecule has 0 aliphatic heterocycles. The van der Waals surface area contributed by atoms with Crippen LogP contribution in [-0.4, -0.2) is 26.0 Å². The number of carbonyl (C=O) groups is 1. The average molecular weight is 434 g/mol. The van der Waals surface area contributed by atoms with Gasteiger partial charge in [-0.15, -0.1) is 13.2 Å². The van der Waals surface area contributed by atoms with Gasteiger partial charge in [-0.2, -0.15) is 0 Å². The lowest BCUT2D eigenvalue weighted by Crippen LogP contribution is -2.17. The molecule has 1 amide bonds. The number of ether oxygens (including phenoxy) is 3. The van der Waals surface area contributed by atoms with Crippen LogP contribution in [0.5, 0.6) is 17.2 Å². The van der Waals surface area contributed by atoms with Gasteiger partial charge in [0.1, 0.15) is 5.75 Å². The Morgan fingerprint density at radius 2 is 1.85 bits per heavy atom. The number of amides is 1. The van der Waals surface area contributed by atoms with Gasteiger partial charge in [0, 0.05) is 11.3 Å². The van der Waals surface area contributed by atoms with E-state index >= 15 is 0 Å². The predicted molar refractivity (Wildman–Crippen MR) is 92.9 cm³/mol. The van der Waals surface area contributed by atoms with Crippen molar-refractivity contribution in [1.29, 1.82) is 0 Å². The Balaban J connectivity index is 2.16. The maximum Gasteiger partial charge on any atom is 0.573 e. The monoisotopic (exact) mass is 433 g/mol. The van der Waals surface area contributed by atoms with Crippen molar-refractivity contribution in [1.82, 2.24) is 0 Å². The molecule has 0 radical (unpaired) electrons. The third kappa shape index (κ3) is 5.29. The highest BCUT2D eigenvalue weighted by Crippen LogP contribution is 2.37. The summed E-state index contributed by atoms with van der Waals surface area (Å²) in [5.41, 5.74) is 0.598. The molecule has 0 aliphatic rings. The number of anilines is 1. The van der Waals surface area contributed by atoms with Crippen LogP contribution in [0.1, 0.15) is 17.3 Å². The van der Waals surface area contributed by atoms with E-state index in [1.807, 2.05) is 6.92 Å². The Kier molecular flexibility index (Phi) is 6.36. The topological polar surface area (TPSA) is 56.8 Å². The molecule has 0 bridgehead atoms. The smallest absolute Gasteiger partial charge is 0.493 e. The third-order valence-electron chi connectivity index (χ3n) is 3.13. The van der Waals surface area contributed by atoms with E-state index < -0.39 is 12.3 Å². The normalized spacial score (nSPS) is 11.0. The Labute approximate surface area is 156 Å². The Morgan fingerprint density at radius 3 is 2.38 bits per heavy atom. The van der Waals surface area contributed by atoms with E-state index in [1.165, 1.54) is 25.3 Å². The fraction of sp³-hybridized carbons (Fsp3) is 0.235. The maximum atomic E-state index is 12.4. The van der Waals surface area contributed by atoms with Crippen LogP contribution < -0.4 is 19.5 Å². The number of benzene rings is 2. The summed E-state index contributed by atoms with van der Waals surface area (Å²) < 4.78 is 51.5. The van der Waals surface area contributed by atoms with Gasteiger partial charge in [-0.25, -0.2) is 0 Å². The first-order valence-electron chi connectivity index (χ1n) is 7.41. The van der Waals surface area contributed by atoms with Gasteiger partial charge in [-0.05, 0) is 59.3 Å². The van der Waals surface area contributed by atoms with E-state index in [9.17, 15) is 18.0 Å². The number of nitrogens with one attached hydrogen (secondary N) is 1. The Bertz CT molecular complexity index is 779. The SMILES string of the molecule is CCOc1c(Br)cc(C(=O)Nc2ccc(OC(F)(F)F)cc2)cc1OC. The molecule has 0 saturated heterocycles. The quantitative estimate of drug-likeness (QED) is 0.695. The lowest BCUT2D eigenvalue weighted by atomic mass is 10.1. The first-order valence-corrected chi connectivity index (χ1v) is 8.20. The summed E-state index contributed by atoms with van der Waals surface area (Å²) in [6.45, 7) is 2.24. The number of halogens is 4. The van der Waals surface area contributed by atoms with Crippen LogP contribution in [-0.2, 0) is 0 Å². The van der Waals surface area contributed by atoms with Gasteiger partial charge in [0.05, 0.1) is 18.2 Å². The summed E-state index contributed by atoms with van der Waals surface area (Å²) in [5.74, 6) is 0.0121. The minimum Gasteiger partial charge on any atom is -0.493 e. The highest BCUT2D eigenvalue weighted by molar-refractivity contribution is 9.10. The maximum absolute atomic E-state index is 12.4. The second-order valence-electron chi connectivity index (χ2n) is 4.95. The molecule has 0 saturated carbocycles. The van der Waals surface area contributed by atoms with Crippen molar-refractivity contribution in [3.05, 3.63) is 46.4 Å². The minimum atomic E-state index is -4.77. The predicted octanol–water partition coefficient (Wildman–Crippen LogP) is 5.01. The zero-order valence-corrected chi connectivity index (χ0v) is 15.4. The van der Waals surface area contributed by atoms with Gasteiger partial charge in [0.2, 0.25) is 0 Å². The first kappa shape index (κ1) is 19.9. The minimum absolute atomic E-state index is 0.285. The number of hydrogen-bond donors (Lipinski definition) is 1. The average Bonchev–Trinajstić information content (AvgIpc) is 2.57. The first-order chi connectivity index (χ1) is 12.2. The molecule has 0 aliphatic carbocycles. The lowest BCUT2D eigenvalue weighted by molar-refractivity contribution is -0.274. The summed E-state index contributed by atoms with van der Waals surface area (Å²) in [5, 5.41) is 2.59. The van der Waals surface area contributed by atoms with E-state index in [0.717, 1.165) is 12.1 Å². The highest BCUT2D eigenvalue weighted by atomic mass is 79.9. The van der Waals surface area contributed by atoms with Crippen molar-refractivity contribution in [3.63, 3.8) is 0 Å². The standard InChI is InChI=1S/C17H15BrF3NO4/c1-3-25-15-13(18)8-10(9-14(15)24-2)16(23)22-11-4-6-12(7-5-11)26-17(19,20)21/h4-9H,3H2,1-2H3,(H,22,23). The van der Waals surface area contributed by atoms with Crippen LogP contribution in [0.2, 0.25) is 0 Å². The molecule has 0 heterocycles. The van der Waals surface area contributed by atoms with Crippen molar-refractivity contribution in [3.8, 4) is 17.2 Å². The molecule has 2 aromatic rings. The van der Waals surface area contributed by atoms with Crippen LogP contribution in [0.25, 0.3) is 0 Å². The van der Waals surface area contributed by atoms with Crippen molar-refractivity contribution in [2.45, 2.75) is 13.3 Å². The molecular formula is C17H15BrF3NO4. The molecular weight excluding hydrogens is 419 g/mol. The van der Waals surface area contributed by atoms with Gasteiger partial charge >= 0.3 is 6.36 Å². The van der Waals surface area contributed by atoms with E-state index in [1.54, 1.807) is 6.07 Å². The molecule has 2 aromatic carbocycles. The molecule has 0 spiro atoms. The number of alkyl halides is 3. The summed E-state index contributed by atoms with van der Waals surface area (Å²) in [6.07, 6.45) is -4.77. The van der Waals surface area contributed by atoms with Gasteiger partial charge in [0.25, 0.3) is 5.91 Å². The Morgan fingerprint density at radius 1 is 1.19 bits per heavy atom. The van der Waals surface area contributed by atoms with Crippen LogP contribution in [0.4, 0.5) is 18.9 Å². The van der Waals surface area contributed by atoms with E-state index in [-0.39, 0.29) is 11.3 Å². The van der Waals surface area contributed by atoms with E-state index in [4.69, 9.17) is 9.47 Å². The van der Waals surface area contributed by atoms with Gasteiger partial charge in [-0.3, -0.25) is 4.79 Å². The number of rotatable bonds is 6. The summed E-state index contributed by atoms with van der Waals surface area (Å²) >= 11 is 3.32. The molecule has 5 nitrogen and oxygen atoms in total. The van der Waals surface area contributed by atoms with Crippen molar-refractivity contribution < 1.29 is 32.2 Å². The second-order valence-corrected chi connectivity index (χ2v) is 5.80. The molecule has 1 N–H and O–H groups in total. The van der Waals surface area contributed by atoms with Crippen LogP contribution >= 0.6 is 15.9 Å². The summed E-state index contributed by atoms with van der Waals surface area (Å²) in [4.78, 5) is 12.4. The molecule has 26 heavy (non-hydrogen) atoms. The van der Waals surface area contributed by atoms with Crippen molar-refractivity contribution >= 4 is 27.5 Å². The summed E-state index contributed by atoms with van der Waals surface area (Å²) in [7, 11) is 1.45. The fourth-order valence-electron chi connectivity index (χ4n) is 2.08. The molecule has 0 unspecified atom stereocenters. The van der Waals surface area contributed by atoms with Crippen LogP contribution in [0.3, 0.4) is 0 Å². The van der Waals surface area contributed by atoms with E-state index in [0.29, 0.717) is 28.3 Å². The van der Waals surface area contributed by atoms with Crippen molar-refractivity contribution in [2.75, 3.05) is 19.0 Å². The van der Waals surface area contributed by atoms with E-state index in [2.05, 4.69) is 26.0 Å². The molecule has 2 rings (SSSR count). The van der Waals surface area contributed by atoms with Gasteiger partial charge < -0.3 is 19.5 Å². The fourth-order valence-corrected chi connectivity index (χ4v) is 2.64. The molecule has 140 valence electrons. The number of carbonyl (C=O) groups excluding carboxylic acids is 1. The largest absolute Gasteiger partial charge is 0.573 e. The molecule has 0 aromatic heterocycles. The zero-order chi connectivity index (χ0) is 19.3. The molecule has 0 atom stereocenters.